The molecule has 1 aromatic rings. The van der Waals surface area contributed by atoms with Crippen molar-refractivity contribution >= 4 is 15.9 Å². The van der Waals surface area contributed by atoms with Crippen molar-refractivity contribution in [2.45, 2.75) is 20.3 Å². The summed E-state index contributed by atoms with van der Waals surface area (Å²) in [4.78, 5) is 0. The van der Waals surface area contributed by atoms with Crippen molar-refractivity contribution in [3.8, 4) is 5.75 Å². The van der Waals surface area contributed by atoms with Crippen LogP contribution in [0.25, 0.3) is 0 Å². The monoisotopic (exact) mass is 216 g/mol. The first-order chi connectivity index (χ1) is 5.20. The molecule has 0 amide bonds. The summed E-state index contributed by atoms with van der Waals surface area (Å²) in [5.41, 5.74) is 0. The predicted octanol–water partition coefficient (Wildman–Crippen LogP) is 3.57. The molecule has 0 aliphatic carbocycles. The molecule has 1 nitrogen and oxygen atoms in total. The van der Waals surface area contributed by atoms with Gasteiger partial charge in [0.2, 0.25) is 0 Å². The quantitative estimate of drug-likeness (QED) is 0.704. The Morgan fingerprint density at radius 2 is 1.55 bits per heavy atom. The Labute approximate surface area is 76.2 Å². The Kier molecular flexibility index (Phi) is 5.94. The zero-order chi connectivity index (χ0) is 8.69. The topological polar surface area (TPSA) is 20.2 Å². The molecule has 0 fully saturated rings. The molecule has 0 heterocycles. The maximum absolute atomic E-state index is 8.74. The van der Waals surface area contributed by atoms with Gasteiger partial charge >= 0.3 is 0 Å². The van der Waals surface area contributed by atoms with Gasteiger partial charge in [-0.2, -0.15) is 0 Å². The van der Waals surface area contributed by atoms with Crippen LogP contribution in [-0.2, 0) is 0 Å². The van der Waals surface area contributed by atoms with Crippen molar-refractivity contribution in [2.24, 2.45) is 0 Å². The maximum Gasteiger partial charge on any atom is 0.115 e. The van der Waals surface area contributed by atoms with Gasteiger partial charge in [0.05, 0.1) is 0 Å². The van der Waals surface area contributed by atoms with Crippen LogP contribution in [0.1, 0.15) is 20.3 Å². The van der Waals surface area contributed by atoms with Gasteiger partial charge in [0.1, 0.15) is 5.75 Å². The second kappa shape index (κ2) is 6.23. The molecule has 0 saturated heterocycles. The van der Waals surface area contributed by atoms with Gasteiger partial charge in [-0.15, -0.1) is 0 Å². The highest BCUT2D eigenvalue weighted by atomic mass is 79.9. The fourth-order valence-corrected chi connectivity index (χ4v) is 0.705. The smallest absolute Gasteiger partial charge is 0.115 e. The van der Waals surface area contributed by atoms with Crippen LogP contribution < -0.4 is 0 Å². The van der Waals surface area contributed by atoms with E-state index in [-0.39, 0.29) is 0 Å². The summed E-state index contributed by atoms with van der Waals surface area (Å²) in [6.07, 6.45) is 1.25. The van der Waals surface area contributed by atoms with Crippen LogP contribution in [0.5, 0.6) is 5.75 Å². The summed E-state index contributed by atoms with van der Waals surface area (Å²) in [7, 11) is 0. The van der Waals surface area contributed by atoms with Crippen LogP contribution in [-0.4, -0.2) is 5.11 Å². The molecule has 0 atom stereocenters. The summed E-state index contributed by atoms with van der Waals surface area (Å²) in [6.45, 7) is 4.25. The summed E-state index contributed by atoms with van der Waals surface area (Å²) in [5, 5.41) is 8.74. The van der Waals surface area contributed by atoms with E-state index in [9.17, 15) is 0 Å². The second-order valence-corrected chi connectivity index (χ2v) is 3.10. The molecule has 0 spiro atoms. The highest BCUT2D eigenvalue weighted by Gasteiger charge is 1.83. The number of halogens is 1. The van der Waals surface area contributed by atoms with Crippen molar-refractivity contribution < 1.29 is 5.11 Å². The number of phenols is 1. The third-order valence-corrected chi connectivity index (χ3v) is 1.36. The van der Waals surface area contributed by atoms with Gasteiger partial charge in [-0.3, -0.25) is 0 Å². The summed E-state index contributed by atoms with van der Waals surface area (Å²) in [5.74, 6) is 0.299. The summed E-state index contributed by atoms with van der Waals surface area (Å²) >= 11 is 3.23. The van der Waals surface area contributed by atoms with Crippen LogP contribution in [0.4, 0.5) is 0 Å². The predicted molar refractivity (Wildman–Crippen MR) is 51.8 cm³/mol. The van der Waals surface area contributed by atoms with Gasteiger partial charge in [0.15, 0.2) is 0 Å². The molecule has 1 aromatic carbocycles. The SMILES string of the molecule is CCC.Oc1ccc(Br)cc1. The normalized spacial score (nSPS) is 8.27. The van der Waals surface area contributed by atoms with E-state index >= 15 is 0 Å². The largest absolute Gasteiger partial charge is 0.508 e. The number of hydrogen-bond acceptors (Lipinski definition) is 1. The molecule has 2 heteroatoms. The van der Waals surface area contributed by atoms with Gasteiger partial charge < -0.3 is 5.11 Å². The minimum Gasteiger partial charge on any atom is -0.508 e. The number of phenolic OH excluding ortho intramolecular Hbond substituents is 1. The third-order valence-electron chi connectivity index (χ3n) is 0.827. The molecule has 0 aromatic heterocycles. The van der Waals surface area contributed by atoms with Crippen molar-refractivity contribution in [3.63, 3.8) is 0 Å². The number of rotatable bonds is 0. The van der Waals surface area contributed by atoms with Crippen molar-refractivity contribution in [1.29, 1.82) is 0 Å². The lowest BCUT2D eigenvalue weighted by Gasteiger charge is -1.87. The molecule has 11 heavy (non-hydrogen) atoms. The Morgan fingerprint density at radius 1 is 1.18 bits per heavy atom. The van der Waals surface area contributed by atoms with E-state index in [1.807, 2.05) is 0 Å². The van der Waals surface area contributed by atoms with E-state index in [4.69, 9.17) is 5.11 Å². The number of benzene rings is 1. The summed E-state index contributed by atoms with van der Waals surface area (Å²) in [6, 6.07) is 6.83. The Balaban J connectivity index is 0.000000292. The first kappa shape index (κ1) is 10.5. The molecular weight excluding hydrogens is 204 g/mol. The van der Waals surface area contributed by atoms with Gasteiger partial charge in [0.25, 0.3) is 0 Å². The van der Waals surface area contributed by atoms with E-state index < -0.39 is 0 Å². The zero-order valence-corrected chi connectivity index (χ0v) is 8.43. The minimum atomic E-state index is 0.299. The third kappa shape index (κ3) is 5.92. The van der Waals surface area contributed by atoms with E-state index in [0.29, 0.717) is 5.75 Å². The van der Waals surface area contributed by atoms with E-state index in [0.717, 1.165) is 4.47 Å². The first-order valence-electron chi connectivity index (χ1n) is 3.65. The maximum atomic E-state index is 8.74. The minimum absolute atomic E-state index is 0.299. The van der Waals surface area contributed by atoms with Crippen LogP contribution in [0.3, 0.4) is 0 Å². The van der Waals surface area contributed by atoms with E-state index in [1.165, 1.54) is 6.42 Å². The Bertz CT molecular complexity index is 160. The van der Waals surface area contributed by atoms with Crippen LogP contribution >= 0.6 is 15.9 Å². The lowest BCUT2D eigenvalue weighted by Crippen LogP contribution is -1.61. The molecule has 0 unspecified atom stereocenters. The molecule has 0 bridgehead atoms. The van der Waals surface area contributed by atoms with Gasteiger partial charge in [-0.25, -0.2) is 0 Å². The van der Waals surface area contributed by atoms with Gasteiger partial charge in [0, 0.05) is 4.47 Å². The van der Waals surface area contributed by atoms with Crippen molar-refractivity contribution in [2.75, 3.05) is 0 Å². The molecule has 1 rings (SSSR count). The Morgan fingerprint density at radius 3 is 1.82 bits per heavy atom. The lowest BCUT2D eigenvalue weighted by molar-refractivity contribution is 0.475. The van der Waals surface area contributed by atoms with Crippen LogP contribution in [0.15, 0.2) is 28.7 Å². The summed E-state index contributed by atoms with van der Waals surface area (Å²) < 4.78 is 0.982. The van der Waals surface area contributed by atoms with Crippen molar-refractivity contribution in [1.82, 2.24) is 0 Å². The van der Waals surface area contributed by atoms with E-state index in [2.05, 4.69) is 29.8 Å². The molecule has 62 valence electrons. The standard InChI is InChI=1S/C6H5BrO.C3H8/c7-5-1-3-6(8)4-2-5;1-3-2/h1-4,8H;3H2,1-2H3. The van der Waals surface area contributed by atoms with Gasteiger partial charge in [-0.05, 0) is 24.3 Å². The zero-order valence-electron chi connectivity index (χ0n) is 6.84. The van der Waals surface area contributed by atoms with Crippen LogP contribution in [0.2, 0.25) is 0 Å². The molecule has 0 aliphatic rings. The molecule has 1 N–H and O–H groups in total. The average molecular weight is 217 g/mol. The molecular formula is C9H13BrO. The second-order valence-electron chi connectivity index (χ2n) is 2.18. The number of hydrogen-bond donors (Lipinski definition) is 1. The molecule has 0 radical (unpaired) electrons. The number of aromatic hydroxyl groups is 1. The fraction of sp³-hybridized carbons (Fsp3) is 0.333. The highest BCUT2D eigenvalue weighted by Crippen LogP contribution is 2.13. The molecule has 0 saturated carbocycles. The first-order valence-corrected chi connectivity index (χ1v) is 4.44. The van der Waals surface area contributed by atoms with Crippen molar-refractivity contribution in [3.05, 3.63) is 28.7 Å². The average Bonchev–Trinajstić information content (AvgIpc) is 1.97. The lowest BCUT2D eigenvalue weighted by atomic mass is 10.3. The molecule has 0 aliphatic heterocycles. The fourth-order valence-electron chi connectivity index (χ4n) is 0.441. The Hall–Kier alpha value is -0.500. The highest BCUT2D eigenvalue weighted by molar-refractivity contribution is 9.10. The van der Waals surface area contributed by atoms with Crippen LogP contribution in [0, 0.1) is 0 Å². The van der Waals surface area contributed by atoms with E-state index in [1.54, 1.807) is 24.3 Å². The van der Waals surface area contributed by atoms with Gasteiger partial charge in [-0.1, -0.05) is 36.2 Å².